The van der Waals surface area contributed by atoms with Gasteiger partial charge in [0.2, 0.25) is 10.0 Å². The molecule has 27 heavy (non-hydrogen) atoms. The van der Waals surface area contributed by atoms with Gasteiger partial charge in [-0.1, -0.05) is 30.3 Å². The minimum absolute atomic E-state index is 0.0418. The minimum atomic E-state index is -3.78. The van der Waals surface area contributed by atoms with Crippen LogP contribution in [0.25, 0.3) is 0 Å². The third-order valence-corrected chi connectivity index (χ3v) is 4.62. The van der Waals surface area contributed by atoms with Gasteiger partial charge in [-0.15, -0.1) is 0 Å². The molecule has 0 heterocycles. The molecule has 2 aromatic carbocycles. The van der Waals surface area contributed by atoms with Gasteiger partial charge in [0, 0.05) is 12.7 Å². The zero-order chi connectivity index (χ0) is 19.9. The number of anilines is 1. The predicted molar refractivity (Wildman–Crippen MR) is 102 cm³/mol. The van der Waals surface area contributed by atoms with E-state index in [0.29, 0.717) is 12.3 Å². The maximum Gasteiger partial charge on any atom is 0.321 e. The molecule has 8 nitrogen and oxygen atoms in total. The highest BCUT2D eigenvalue weighted by Gasteiger charge is 2.15. The van der Waals surface area contributed by atoms with Crippen LogP contribution in [-0.2, 0) is 21.4 Å². The van der Waals surface area contributed by atoms with Crippen molar-refractivity contribution in [2.24, 2.45) is 5.14 Å². The van der Waals surface area contributed by atoms with Crippen LogP contribution in [0.4, 0.5) is 10.5 Å². The van der Waals surface area contributed by atoms with E-state index in [1.54, 1.807) is 0 Å². The summed E-state index contributed by atoms with van der Waals surface area (Å²) in [6.07, 6.45) is -0.839. The second kappa shape index (κ2) is 9.47. The molecule has 0 saturated carbocycles. The van der Waals surface area contributed by atoms with Gasteiger partial charge in [0.25, 0.3) is 0 Å². The average Bonchev–Trinajstić information content (AvgIpc) is 2.62. The zero-order valence-corrected chi connectivity index (χ0v) is 15.7. The Hall–Kier alpha value is -2.46. The number of amides is 2. The lowest BCUT2D eigenvalue weighted by Crippen LogP contribution is -2.38. The van der Waals surface area contributed by atoms with E-state index in [1.165, 1.54) is 36.2 Å². The molecule has 0 aliphatic heterocycles. The van der Waals surface area contributed by atoms with Gasteiger partial charge < -0.3 is 20.1 Å². The first-order chi connectivity index (χ1) is 12.8. The summed E-state index contributed by atoms with van der Waals surface area (Å²) in [4.78, 5) is 13.4. The molecule has 0 radical (unpaired) electrons. The van der Waals surface area contributed by atoms with Crippen molar-refractivity contribution in [1.82, 2.24) is 4.90 Å². The Balaban J connectivity index is 1.77. The number of carbonyl (C=O) groups is 1. The van der Waals surface area contributed by atoms with Gasteiger partial charge >= 0.3 is 6.03 Å². The number of benzene rings is 2. The van der Waals surface area contributed by atoms with E-state index >= 15 is 0 Å². The smallest absolute Gasteiger partial charge is 0.321 e. The Bertz CT molecular complexity index is 841. The van der Waals surface area contributed by atoms with Crippen LogP contribution in [0.2, 0.25) is 0 Å². The number of hydrogen-bond donors (Lipinski definition) is 3. The van der Waals surface area contributed by atoms with Crippen molar-refractivity contribution in [3.8, 4) is 0 Å². The number of aliphatic hydroxyl groups excluding tert-OH is 1. The first-order valence-electron chi connectivity index (χ1n) is 8.20. The van der Waals surface area contributed by atoms with Crippen molar-refractivity contribution < 1.29 is 23.1 Å². The highest BCUT2D eigenvalue weighted by atomic mass is 32.2. The molecule has 1 atom stereocenters. The molecule has 0 aliphatic carbocycles. The van der Waals surface area contributed by atoms with Crippen LogP contribution in [0.1, 0.15) is 5.56 Å². The zero-order valence-electron chi connectivity index (χ0n) is 14.9. The second-order valence-electron chi connectivity index (χ2n) is 6.03. The highest BCUT2D eigenvalue weighted by Crippen LogP contribution is 2.13. The maximum atomic E-state index is 12.1. The van der Waals surface area contributed by atoms with Crippen LogP contribution in [-0.4, -0.2) is 50.8 Å². The molecule has 0 spiro atoms. The average molecular weight is 393 g/mol. The van der Waals surface area contributed by atoms with Crippen LogP contribution in [0.3, 0.4) is 0 Å². The number of hydrogen-bond acceptors (Lipinski definition) is 5. The molecule has 2 rings (SSSR count). The van der Waals surface area contributed by atoms with Crippen LogP contribution in [0, 0.1) is 0 Å². The first-order valence-corrected chi connectivity index (χ1v) is 9.75. The quantitative estimate of drug-likeness (QED) is 0.625. The number of nitrogens with zero attached hydrogens (tertiary/aromatic N) is 1. The van der Waals surface area contributed by atoms with E-state index in [4.69, 9.17) is 9.88 Å². The van der Waals surface area contributed by atoms with E-state index < -0.39 is 22.2 Å². The maximum absolute atomic E-state index is 12.1. The van der Waals surface area contributed by atoms with Gasteiger partial charge in [-0.25, -0.2) is 18.4 Å². The number of primary sulfonamides is 1. The van der Waals surface area contributed by atoms with Crippen molar-refractivity contribution in [1.29, 1.82) is 0 Å². The van der Waals surface area contributed by atoms with E-state index in [2.05, 4.69) is 5.32 Å². The van der Waals surface area contributed by atoms with Gasteiger partial charge in [-0.05, 0) is 29.8 Å². The van der Waals surface area contributed by atoms with E-state index in [0.717, 1.165) is 5.56 Å². The van der Waals surface area contributed by atoms with Crippen LogP contribution in [0.15, 0.2) is 59.5 Å². The summed E-state index contributed by atoms with van der Waals surface area (Å²) in [5, 5.41) is 17.6. The van der Waals surface area contributed by atoms with Crippen molar-refractivity contribution in [2.45, 2.75) is 17.6 Å². The highest BCUT2D eigenvalue weighted by molar-refractivity contribution is 7.89. The summed E-state index contributed by atoms with van der Waals surface area (Å²) in [6, 6.07) is 14.6. The monoisotopic (exact) mass is 393 g/mol. The lowest BCUT2D eigenvalue weighted by Gasteiger charge is -2.21. The Morgan fingerprint density at radius 2 is 1.81 bits per heavy atom. The normalized spacial score (nSPS) is 12.4. The standard InChI is InChI=1S/C18H23N3O5S/c1-21(11-16(22)13-26-12-14-5-3-2-4-6-14)18(23)20-15-7-9-17(10-8-15)27(19,24)25/h2-10,16,22H,11-13H2,1H3,(H,20,23)(H2,19,24,25)/t16-/m1/s1. The largest absolute Gasteiger partial charge is 0.389 e. The molecule has 146 valence electrons. The number of nitrogens with one attached hydrogen (secondary N) is 1. The first kappa shape index (κ1) is 20.8. The molecular weight excluding hydrogens is 370 g/mol. The molecule has 2 aromatic rings. The molecule has 0 bridgehead atoms. The third kappa shape index (κ3) is 6.99. The van der Waals surface area contributed by atoms with Crippen molar-refractivity contribution in [3.05, 3.63) is 60.2 Å². The van der Waals surface area contributed by atoms with Gasteiger partial charge in [0.1, 0.15) is 0 Å². The molecule has 2 amide bonds. The molecular formula is C18H23N3O5S. The van der Waals surface area contributed by atoms with Crippen LogP contribution >= 0.6 is 0 Å². The molecule has 4 N–H and O–H groups in total. The third-order valence-electron chi connectivity index (χ3n) is 3.69. The number of likely N-dealkylation sites (N-methyl/N-ethyl adjacent to an activating group) is 1. The summed E-state index contributed by atoms with van der Waals surface area (Å²) in [5.74, 6) is 0. The van der Waals surface area contributed by atoms with Gasteiger partial charge in [-0.2, -0.15) is 0 Å². The molecule has 0 aliphatic rings. The molecule has 0 aromatic heterocycles. The minimum Gasteiger partial charge on any atom is -0.389 e. The fourth-order valence-corrected chi connectivity index (χ4v) is 2.80. The van der Waals surface area contributed by atoms with Gasteiger partial charge in [-0.3, -0.25) is 0 Å². The number of nitrogens with two attached hydrogens (primary N) is 1. The summed E-state index contributed by atoms with van der Waals surface area (Å²) >= 11 is 0. The lowest BCUT2D eigenvalue weighted by molar-refractivity contribution is 0.0188. The van der Waals surface area contributed by atoms with Crippen molar-refractivity contribution in [3.63, 3.8) is 0 Å². The fourth-order valence-electron chi connectivity index (χ4n) is 2.29. The van der Waals surface area contributed by atoms with E-state index in [1.807, 2.05) is 30.3 Å². The van der Waals surface area contributed by atoms with E-state index in [-0.39, 0.29) is 18.0 Å². The number of rotatable bonds is 8. The van der Waals surface area contributed by atoms with Crippen LogP contribution in [0.5, 0.6) is 0 Å². The summed E-state index contributed by atoms with van der Waals surface area (Å²) in [7, 11) is -2.24. The molecule has 0 fully saturated rings. The number of carbonyl (C=O) groups excluding carboxylic acids is 1. The number of urea groups is 1. The SMILES string of the molecule is CN(C[C@@H](O)COCc1ccccc1)C(=O)Nc1ccc(S(N)(=O)=O)cc1. The fraction of sp³-hybridized carbons (Fsp3) is 0.278. The molecule has 9 heteroatoms. The van der Waals surface area contributed by atoms with E-state index in [9.17, 15) is 18.3 Å². The van der Waals surface area contributed by atoms with Crippen molar-refractivity contribution in [2.75, 3.05) is 25.5 Å². The van der Waals surface area contributed by atoms with Crippen LogP contribution < -0.4 is 10.5 Å². The number of ether oxygens (including phenoxy) is 1. The summed E-state index contributed by atoms with van der Waals surface area (Å²) in [5.41, 5.74) is 1.41. The lowest BCUT2D eigenvalue weighted by atomic mass is 10.2. The summed E-state index contributed by atoms with van der Waals surface area (Å²) in [6.45, 7) is 0.551. The Morgan fingerprint density at radius 3 is 2.41 bits per heavy atom. The Morgan fingerprint density at radius 1 is 1.19 bits per heavy atom. The summed E-state index contributed by atoms with van der Waals surface area (Å²) < 4.78 is 27.9. The van der Waals surface area contributed by atoms with Crippen molar-refractivity contribution >= 4 is 21.7 Å². The topological polar surface area (TPSA) is 122 Å². The number of aliphatic hydroxyl groups is 1. The van der Waals surface area contributed by atoms with Gasteiger partial charge in [0.05, 0.1) is 30.8 Å². The number of sulfonamides is 1. The Kier molecular flexibility index (Phi) is 7.31. The predicted octanol–water partition coefficient (Wildman–Crippen LogP) is 1.38. The van der Waals surface area contributed by atoms with Gasteiger partial charge in [0.15, 0.2) is 0 Å². The molecule has 0 saturated heterocycles. The second-order valence-corrected chi connectivity index (χ2v) is 7.60. The molecule has 0 unspecified atom stereocenters. The Labute approximate surface area is 158 Å².